The number of Topliss-reactive ketones (excluding diaryl/α,β-unsaturated/α-hetero) is 1. The van der Waals surface area contributed by atoms with Gasteiger partial charge in [-0.05, 0) is 43.2 Å². The smallest absolute Gasteiger partial charge is 0.238 e. The molecule has 162 valence electrons. The number of benzene rings is 2. The summed E-state index contributed by atoms with van der Waals surface area (Å²) in [5, 5.41) is 3.49. The molecule has 1 N–H and O–H groups in total. The lowest BCUT2D eigenvalue weighted by atomic mass is 9.84. The minimum atomic E-state index is -0.329. The van der Waals surface area contributed by atoms with Crippen molar-refractivity contribution in [3.8, 4) is 11.5 Å². The molecule has 8 heteroatoms. The number of likely N-dealkylation sites (tertiary alicyclic amines) is 1. The van der Waals surface area contributed by atoms with Crippen LogP contribution in [0.3, 0.4) is 0 Å². The van der Waals surface area contributed by atoms with Gasteiger partial charge in [0.05, 0.1) is 38.1 Å². The number of carbonyl (C=O) groups excluding carboxylic acids is 2. The van der Waals surface area contributed by atoms with Gasteiger partial charge in [-0.2, -0.15) is 0 Å². The fraction of sp³-hybridized carbons (Fsp3) is 0.348. The molecule has 1 atom stereocenters. The number of ether oxygens (including phenoxy) is 2. The Morgan fingerprint density at radius 3 is 2.81 bits per heavy atom. The lowest BCUT2D eigenvalue weighted by molar-refractivity contribution is -0.117. The first-order valence-corrected chi connectivity index (χ1v) is 10.4. The molecule has 0 aliphatic carbocycles. The number of anilines is 1. The molecule has 7 nitrogen and oxygen atoms in total. The molecule has 2 aliphatic heterocycles. The van der Waals surface area contributed by atoms with Crippen molar-refractivity contribution in [2.75, 3.05) is 39.2 Å². The maximum atomic E-state index is 13.1. The number of hydrogen-bond donors (Lipinski definition) is 1. The number of hydrogen-bond acceptors (Lipinski definition) is 6. The number of ketones is 1. The van der Waals surface area contributed by atoms with Gasteiger partial charge in [0.25, 0.3) is 0 Å². The summed E-state index contributed by atoms with van der Waals surface area (Å²) >= 11 is 6.20. The summed E-state index contributed by atoms with van der Waals surface area (Å²) in [6.07, 6.45) is 0.640. The SMILES string of the molecule is COc1ccc(NC(=O)CN2CCC3=Nc4c(ccc(Cl)c4C)C(=O)C3C2)c(OC)c1. The number of nitrogens with one attached hydrogen (secondary N) is 1. The molecular formula is C23H24ClN3O4. The third-order valence-electron chi connectivity index (χ3n) is 5.78. The number of methoxy groups -OCH3 is 2. The van der Waals surface area contributed by atoms with E-state index in [0.717, 1.165) is 11.3 Å². The summed E-state index contributed by atoms with van der Waals surface area (Å²) in [4.78, 5) is 32.5. The van der Waals surface area contributed by atoms with Crippen LogP contribution < -0.4 is 14.8 Å². The third kappa shape index (κ3) is 4.16. The van der Waals surface area contributed by atoms with Crippen LogP contribution in [0.5, 0.6) is 11.5 Å². The molecular weight excluding hydrogens is 418 g/mol. The maximum Gasteiger partial charge on any atom is 0.238 e. The van der Waals surface area contributed by atoms with Crippen LogP contribution in [0.1, 0.15) is 22.3 Å². The molecule has 2 aromatic rings. The normalized spacial score (nSPS) is 18.0. The van der Waals surface area contributed by atoms with Crippen molar-refractivity contribution in [2.45, 2.75) is 13.3 Å². The molecule has 31 heavy (non-hydrogen) atoms. The van der Waals surface area contributed by atoms with Gasteiger partial charge < -0.3 is 14.8 Å². The third-order valence-corrected chi connectivity index (χ3v) is 6.19. The van der Waals surface area contributed by atoms with Gasteiger partial charge in [0.1, 0.15) is 11.5 Å². The number of rotatable bonds is 5. The standard InChI is InChI=1S/C23H24ClN3O4/c1-13-17(24)6-5-15-22(13)26-18-8-9-27(11-16(18)23(15)29)12-21(28)25-19-7-4-14(30-2)10-20(19)31-3/h4-7,10,16H,8-9,11-12H2,1-3H3,(H,25,28). The number of aliphatic imine (C=N–C) groups is 1. The summed E-state index contributed by atoms with van der Waals surface area (Å²) in [5.74, 6) is 0.709. The van der Waals surface area contributed by atoms with E-state index >= 15 is 0 Å². The largest absolute Gasteiger partial charge is 0.497 e. The first kappa shape index (κ1) is 21.3. The predicted octanol–water partition coefficient (Wildman–Crippen LogP) is 3.90. The molecule has 1 fully saturated rings. The van der Waals surface area contributed by atoms with Crippen LogP contribution in [0.2, 0.25) is 5.02 Å². The number of carbonyl (C=O) groups is 2. The van der Waals surface area contributed by atoms with Gasteiger partial charge in [-0.15, -0.1) is 0 Å². The van der Waals surface area contributed by atoms with Crippen molar-refractivity contribution in [3.05, 3.63) is 46.5 Å². The van der Waals surface area contributed by atoms with Crippen LogP contribution in [0.4, 0.5) is 11.4 Å². The molecule has 1 saturated heterocycles. The summed E-state index contributed by atoms with van der Waals surface area (Å²) in [7, 11) is 3.11. The van der Waals surface area contributed by atoms with E-state index in [1.807, 2.05) is 11.8 Å². The van der Waals surface area contributed by atoms with Crippen molar-refractivity contribution in [3.63, 3.8) is 0 Å². The van der Waals surface area contributed by atoms with Gasteiger partial charge in [0.2, 0.25) is 5.91 Å². The Morgan fingerprint density at radius 1 is 1.26 bits per heavy atom. The van der Waals surface area contributed by atoms with Crippen LogP contribution in [0, 0.1) is 12.8 Å². The van der Waals surface area contributed by atoms with E-state index in [-0.39, 0.29) is 24.2 Å². The Bertz CT molecular complexity index is 1080. The van der Waals surface area contributed by atoms with Gasteiger partial charge in [0, 0.05) is 35.5 Å². The molecule has 1 unspecified atom stereocenters. The van der Waals surface area contributed by atoms with E-state index in [1.54, 1.807) is 37.4 Å². The predicted molar refractivity (Wildman–Crippen MR) is 120 cm³/mol. The highest BCUT2D eigenvalue weighted by Gasteiger charge is 2.37. The molecule has 2 aromatic carbocycles. The number of nitrogens with zero attached hydrogens (tertiary/aromatic N) is 2. The van der Waals surface area contributed by atoms with Crippen LogP contribution in [-0.2, 0) is 4.79 Å². The maximum absolute atomic E-state index is 13.1. The quantitative estimate of drug-likeness (QED) is 0.761. The van der Waals surface area contributed by atoms with E-state index in [0.29, 0.717) is 53.0 Å². The van der Waals surface area contributed by atoms with Crippen LogP contribution >= 0.6 is 11.6 Å². The topological polar surface area (TPSA) is 80.2 Å². The van der Waals surface area contributed by atoms with Gasteiger partial charge >= 0.3 is 0 Å². The summed E-state index contributed by atoms with van der Waals surface area (Å²) in [5.41, 5.74) is 3.55. The second-order valence-electron chi connectivity index (χ2n) is 7.69. The highest BCUT2D eigenvalue weighted by atomic mass is 35.5. The lowest BCUT2D eigenvalue weighted by Crippen LogP contribution is -2.47. The number of halogens is 1. The first-order valence-electron chi connectivity index (χ1n) is 10.1. The van der Waals surface area contributed by atoms with Crippen molar-refractivity contribution in [2.24, 2.45) is 10.9 Å². The fourth-order valence-electron chi connectivity index (χ4n) is 4.06. The number of amides is 1. The van der Waals surface area contributed by atoms with Crippen LogP contribution in [0.25, 0.3) is 0 Å². The Kier molecular flexibility index (Phi) is 5.98. The molecule has 0 aromatic heterocycles. The molecule has 4 rings (SSSR count). The van der Waals surface area contributed by atoms with E-state index in [9.17, 15) is 9.59 Å². The highest BCUT2D eigenvalue weighted by molar-refractivity contribution is 6.32. The molecule has 2 aliphatic rings. The van der Waals surface area contributed by atoms with Crippen molar-refractivity contribution in [1.82, 2.24) is 4.90 Å². The molecule has 0 spiro atoms. The molecule has 1 amide bonds. The minimum Gasteiger partial charge on any atom is -0.497 e. The van der Waals surface area contributed by atoms with E-state index in [1.165, 1.54) is 7.11 Å². The van der Waals surface area contributed by atoms with Crippen molar-refractivity contribution in [1.29, 1.82) is 0 Å². The van der Waals surface area contributed by atoms with Gasteiger partial charge in [-0.1, -0.05) is 11.6 Å². The average molecular weight is 442 g/mol. The van der Waals surface area contributed by atoms with Crippen molar-refractivity contribution >= 4 is 40.4 Å². The minimum absolute atomic E-state index is 0.0432. The Labute approximate surface area is 186 Å². The average Bonchev–Trinajstić information content (AvgIpc) is 2.77. The van der Waals surface area contributed by atoms with Crippen LogP contribution in [0.15, 0.2) is 35.3 Å². The van der Waals surface area contributed by atoms with Crippen molar-refractivity contribution < 1.29 is 19.1 Å². The molecule has 0 bridgehead atoms. The van der Waals surface area contributed by atoms with Gasteiger partial charge in [0.15, 0.2) is 5.78 Å². The highest BCUT2D eigenvalue weighted by Crippen LogP contribution is 2.37. The molecule has 2 heterocycles. The number of fused-ring (bicyclic) bond motifs is 2. The summed E-state index contributed by atoms with van der Waals surface area (Å²) in [6.45, 7) is 3.18. The van der Waals surface area contributed by atoms with E-state index in [4.69, 9.17) is 26.1 Å². The molecule has 0 saturated carbocycles. The monoisotopic (exact) mass is 441 g/mol. The first-order chi connectivity index (χ1) is 14.9. The second kappa shape index (κ2) is 8.69. The summed E-state index contributed by atoms with van der Waals surface area (Å²) in [6, 6.07) is 8.70. The van der Waals surface area contributed by atoms with Gasteiger partial charge in [-0.25, -0.2) is 0 Å². The Morgan fingerprint density at radius 2 is 2.06 bits per heavy atom. The summed E-state index contributed by atoms with van der Waals surface area (Å²) < 4.78 is 10.5. The zero-order chi connectivity index (χ0) is 22.1. The van der Waals surface area contributed by atoms with Gasteiger partial charge in [-0.3, -0.25) is 19.5 Å². The zero-order valence-corrected chi connectivity index (χ0v) is 18.5. The molecule has 0 radical (unpaired) electrons. The fourth-order valence-corrected chi connectivity index (χ4v) is 4.21. The second-order valence-corrected chi connectivity index (χ2v) is 8.10. The zero-order valence-electron chi connectivity index (χ0n) is 17.7. The van der Waals surface area contributed by atoms with E-state index in [2.05, 4.69) is 5.32 Å². The Hall–Kier alpha value is -2.90. The lowest BCUT2D eigenvalue weighted by Gasteiger charge is -2.35. The number of piperidine rings is 1. The Balaban J connectivity index is 1.45. The van der Waals surface area contributed by atoms with E-state index < -0.39 is 0 Å². The van der Waals surface area contributed by atoms with Crippen LogP contribution in [-0.4, -0.2) is 56.2 Å².